The van der Waals surface area contributed by atoms with E-state index >= 15 is 0 Å². The average Bonchev–Trinajstić information content (AvgIpc) is 3.08. The third kappa shape index (κ3) is 5.03. The van der Waals surface area contributed by atoms with Gasteiger partial charge in [0.1, 0.15) is 5.60 Å². The molecule has 26 heavy (non-hydrogen) atoms. The summed E-state index contributed by atoms with van der Waals surface area (Å²) in [6.45, 7) is 6.94. The summed E-state index contributed by atoms with van der Waals surface area (Å²) < 4.78 is 10.8. The molecule has 140 valence electrons. The van der Waals surface area contributed by atoms with Crippen molar-refractivity contribution in [2.45, 2.75) is 58.0 Å². The highest BCUT2D eigenvalue weighted by atomic mass is 16.6. The SMILES string of the molecule is CC(C)(C)OC(=O)N1CCC(c2noc(CCc3ccncc3)n2)CC1. The molecule has 7 nitrogen and oxygen atoms in total. The van der Waals surface area contributed by atoms with Gasteiger partial charge in [0, 0.05) is 37.8 Å². The zero-order valence-electron chi connectivity index (χ0n) is 15.6. The van der Waals surface area contributed by atoms with Crippen molar-refractivity contribution >= 4 is 6.09 Å². The molecule has 1 saturated heterocycles. The Balaban J connectivity index is 1.49. The molecular weight excluding hydrogens is 332 g/mol. The maximum absolute atomic E-state index is 12.1. The molecule has 2 aromatic rings. The minimum atomic E-state index is -0.467. The van der Waals surface area contributed by atoms with Crippen LogP contribution in [0.25, 0.3) is 0 Å². The van der Waals surface area contributed by atoms with E-state index in [1.54, 1.807) is 17.3 Å². The summed E-state index contributed by atoms with van der Waals surface area (Å²) in [7, 11) is 0. The largest absolute Gasteiger partial charge is 0.444 e. The van der Waals surface area contributed by atoms with Crippen molar-refractivity contribution in [3.8, 4) is 0 Å². The van der Waals surface area contributed by atoms with Crippen molar-refractivity contribution in [1.29, 1.82) is 0 Å². The summed E-state index contributed by atoms with van der Waals surface area (Å²) in [6.07, 6.45) is 6.53. The number of pyridine rings is 1. The Morgan fingerprint density at radius 3 is 2.58 bits per heavy atom. The lowest BCUT2D eigenvalue weighted by Crippen LogP contribution is -2.41. The Hall–Kier alpha value is -2.44. The Morgan fingerprint density at radius 2 is 1.92 bits per heavy atom. The number of piperidine rings is 1. The smallest absolute Gasteiger partial charge is 0.410 e. The average molecular weight is 358 g/mol. The van der Waals surface area contributed by atoms with Crippen LogP contribution in [0.4, 0.5) is 4.79 Å². The van der Waals surface area contributed by atoms with Gasteiger partial charge in [0.2, 0.25) is 5.89 Å². The van der Waals surface area contributed by atoms with Gasteiger partial charge < -0.3 is 14.2 Å². The fourth-order valence-electron chi connectivity index (χ4n) is 2.98. The van der Waals surface area contributed by atoms with E-state index in [-0.39, 0.29) is 12.0 Å². The van der Waals surface area contributed by atoms with Crippen molar-refractivity contribution < 1.29 is 14.1 Å². The van der Waals surface area contributed by atoms with Crippen molar-refractivity contribution in [2.24, 2.45) is 0 Å². The van der Waals surface area contributed by atoms with Gasteiger partial charge in [-0.25, -0.2) is 4.79 Å². The molecule has 0 N–H and O–H groups in total. The molecule has 0 aromatic carbocycles. The Morgan fingerprint density at radius 1 is 1.23 bits per heavy atom. The van der Waals surface area contributed by atoms with E-state index in [9.17, 15) is 4.79 Å². The molecule has 1 fully saturated rings. The molecule has 1 aliphatic rings. The lowest BCUT2D eigenvalue weighted by atomic mass is 9.96. The highest BCUT2D eigenvalue weighted by Crippen LogP contribution is 2.27. The monoisotopic (exact) mass is 358 g/mol. The molecule has 0 aliphatic carbocycles. The number of rotatable bonds is 4. The zero-order chi connectivity index (χ0) is 18.6. The molecule has 1 amide bonds. The Kier molecular flexibility index (Phi) is 5.54. The number of ether oxygens (including phenoxy) is 1. The lowest BCUT2D eigenvalue weighted by molar-refractivity contribution is 0.0203. The lowest BCUT2D eigenvalue weighted by Gasteiger charge is -2.32. The van der Waals surface area contributed by atoms with Crippen LogP contribution in [0.15, 0.2) is 29.0 Å². The van der Waals surface area contributed by atoms with Crippen LogP contribution in [0.5, 0.6) is 0 Å². The molecular formula is C19H26N4O3. The molecule has 0 saturated carbocycles. The Labute approximate surface area is 153 Å². The van der Waals surface area contributed by atoms with Gasteiger partial charge in [-0.15, -0.1) is 0 Å². The molecule has 0 radical (unpaired) electrons. The Bertz CT molecular complexity index is 716. The molecule has 3 heterocycles. The molecule has 3 rings (SSSR count). The van der Waals surface area contributed by atoms with Gasteiger partial charge in [-0.05, 0) is 57.7 Å². The van der Waals surface area contributed by atoms with Crippen LogP contribution in [0.2, 0.25) is 0 Å². The number of aryl methyl sites for hydroxylation is 2. The van der Waals surface area contributed by atoms with Gasteiger partial charge in [-0.1, -0.05) is 5.16 Å². The second-order valence-corrected chi connectivity index (χ2v) is 7.64. The van der Waals surface area contributed by atoms with E-state index in [1.165, 1.54) is 5.56 Å². The van der Waals surface area contributed by atoms with Crippen molar-refractivity contribution in [2.75, 3.05) is 13.1 Å². The van der Waals surface area contributed by atoms with Crippen LogP contribution in [-0.4, -0.2) is 44.8 Å². The van der Waals surface area contributed by atoms with Crippen LogP contribution in [0.1, 0.15) is 56.8 Å². The van der Waals surface area contributed by atoms with E-state index in [1.807, 2.05) is 32.9 Å². The van der Waals surface area contributed by atoms with Crippen molar-refractivity contribution in [3.63, 3.8) is 0 Å². The van der Waals surface area contributed by atoms with Crippen LogP contribution < -0.4 is 0 Å². The molecule has 0 bridgehead atoms. The molecule has 7 heteroatoms. The number of likely N-dealkylation sites (tertiary alicyclic amines) is 1. The zero-order valence-corrected chi connectivity index (χ0v) is 15.6. The third-order valence-electron chi connectivity index (χ3n) is 4.37. The molecule has 0 spiro atoms. The maximum atomic E-state index is 12.1. The van der Waals surface area contributed by atoms with E-state index in [0.717, 1.165) is 25.1 Å². The number of carbonyl (C=O) groups is 1. The van der Waals surface area contributed by atoms with Crippen molar-refractivity contribution in [1.82, 2.24) is 20.0 Å². The fraction of sp³-hybridized carbons (Fsp3) is 0.579. The minimum absolute atomic E-state index is 0.229. The second-order valence-electron chi connectivity index (χ2n) is 7.64. The van der Waals surface area contributed by atoms with Crippen LogP contribution >= 0.6 is 0 Å². The highest BCUT2D eigenvalue weighted by molar-refractivity contribution is 5.68. The van der Waals surface area contributed by atoms with Gasteiger partial charge in [-0.3, -0.25) is 4.98 Å². The number of carbonyl (C=O) groups excluding carboxylic acids is 1. The van der Waals surface area contributed by atoms with E-state index in [4.69, 9.17) is 9.26 Å². The van der Waals surface area contributed by atoms with Crippen molar-refractivity contribution in [3.05, 3.63) is 41.8 Å². The summed E-state index contributed by atoms with van der Waals surface area (Å²) in [5.41, 5.74) is 0.733. The summed E-state index contributed by atoms with van der Waals surface area (Å²) in [5, 5.41) is 4.15. The van der Waals surface area contributed by atoms with Crippen LogP contribution in [-0.2, 0) is 17.6 Å². The summed E-state index contributed by atoms with van der Waals surface area (Å²) in [5.74, 6) is 1.64. The minimum Gasteiger partial charge on any atom is -0.444 e. The van der Waals surface area contributed by atoms with E-state index in [0.29, 0.717) is 25.4 Å². The summed E-state index contributed by atoms with van der Waals surface area (Å²) >= 11 is 0. The fourth-order valence-corrected chi connectivity index (χ4v) is 2.98. The molecule has 2 aromatic heterocycles. The summed E-state index contributed by atoms with van der Waals surface area (Å²) in [4.78, 5) is 22.5. The first kappa shape index (κ1) is 18.4. The van der Waals surface area contributed by atoms with E-state index < -0.39 is 5.60 Å². The van der Waals surface area contributed by atoms with Gasteiger partial charge in [0.05, 0.1) is 0 Å². The molecule has 0 unspecified atom stereocenters. The topological polar surface area (TPSA) is 81.4 Å². The van der Waals surface area contributed by atoms with Gasteiger partial charge in [-0.2, -0.15) is 4.98 Å². The normalized spacial score (nSPS) is 15.9. The van der Waals surface area contributed by atoms with Crippen LogP contribution in [0.3, 0.4) is 0 Å². The summed E-state index contributed by atoms with van der Waals surface area (Å²) in [6, 6.07) is 3.98. The first-order valence-corrected chi connectivity index (χ1v) is 9.10. The first-order chi connectivity index (χ1) is 12.4. The van der Waals surface area contributed by atoms with E-state index in [2.05, 4.69) is 15.1 Å². The molecule has 0 atom stereocenters. The number of hydrogen-bond acceptors (Lipinski definition) is 6. The second kappa shape index (κ2) is 7.85. The first-order valence-electron chi connectivity index (χ1n) is 9.10. The predicted octanol–water partition coefficient (Wildman–Crippen LogP) is 3.36. The quantitative estimate of drug-likeness (QED) is 0.833. The standard InChI is InChI=1S/C19H26N4O3/c1-19(2,3)25-18(24)23-12-8-15(9-13-23)17-21-16(26-22-17)5-4-14-6-10-20-11-7-14/h6-7,10-11,15H,4-5,8-9,12-13H2,1-3H3. The maximum Gasteiger partial charge on any atom is 0.410 e. The third-order valence-corrected chi connectivity index (χ3v) is 4.37. The van der Waals surface area contributed by atoms with Gasteiger partial charge in [0.15, 0.2) is 5.82 Å². The van der Waals surface area contributed by atoms with Crippen LogP contribution in [0, 0.1) is 0 Å². The highest BCUT2D eigenvalue weighted by Gasteiger charge is 2.29. The number of hydrogen-bond donors (Lipinski definition) is 0. The van der Waals surface area contributed by atoms with Gasteiger partial charge >= 0.3 is 6.09 Å². The number of nitrogens with zero attached hydrogens (tertiary/aromatic N) is 4. The molecule has 1 aliphatic heterocycles. The number of aromatic nitrogens is 3. The van der Waals surface area contributed by atoms with Gasteiger partial charge in [0.25, 0.3) is 0 Å². The predicted molar refractivity (Wildman–Crippen MR) is 95.7 cm³/mol. The number of amides is 1.